The number of carbonyl (C=O) groups is 1. The van der Waals surface area contributed by atoms with Crippen LogP contribution >= 0.6 is 0 Å². The number of aliphatic carboxylic acids is 1. The first kappa shape index (κ1) is 12.5. The molecule has 1 aromatic carbocycles. The van der Waals surface area contributed by atoms with Crippen LogP contribution in [-0.2, 0) is 11.3 Å². The second kappa shape index (κ2) is 4.88. The number of benzene rings is 1. The van der Waals surface area contributed by atoms with Crippen LogP contribution in [0.15, 0.2) is 35.1 Å². The fourth-order valence-electron chi connectivity index (χ4n) is 2.23. The van der Waals surface area contributed by atoms with E-state index in [2.05, 4.69) is 5.16 Å². The number of hydrogen-bond acceptors (Lipinski definition) is 5. The first-order chi connectivity index (χ1) is 9.65. The largest absolute Gasteiger partial charge is 0.478 e. The summed E-state index contributed by atoms with van der Waals surface area (Å²) in [4.78, 5) is 13.1. The third-order valence-electron chi connectivity index (χ3n) is 3.33. The van der Waals surface area contributed by atoms with Crippen molar-refractivity contribution in [2.24, 2.45) is 0 Å². The van der Waals surface area contributed by atoms with E-state index in [1.165, 1.54) is 0 Å². The smallest absolute Gasteiger partial charge is 0.346 e. The molecule has 104 valence electrons. The second-order valence-corrected chi connectivity index (χ2v) is 4.74. The molecule has 1 aliphatic heterocycles. The van der Waals surface area contributed by atoms with Gasteiger partial charge in [-0.15, -0.1) is 0 Å². The number of anilines is 1. The van der Waals surface area contributed by atoms with E-state index in [9.17, 15) is 9.90 Å². The van der Waals surface area contributed by atoms with Gasteiger partial charge in [0.1, 0.15) is 17.7 Å². The van der Waals surface area contributed by atoms with Gasteiger partial charge in [-0.3, -0.25) is 0 Å². The fourth-order valence-corrected chi connectivity index (χ4v) is 2.23. The fraction of sp³-hybridized carbons (Fsp3) is 0.286. The van der Waals surface area contributed by atoms with Crippen molar-refractivity contribution in [1.82, 2.24) is 5.16 Å². The highest BCUT2D eigenvalue weighted by Gasteiger charge is 2.30. The van der Waals surface area contributed by atoms with Gasteiger partial charge >= 0.3 is 5.97 Å². The summed E-state index contributed by atoms with van der Waals surface area (Å²) in [5.74, 6) is -0.395. The first-order valence-electron chi connectivity index (χ1n) is 6.28. The van der Waals surface area contributed by atoms with Crippen LogP contribution < -0.4 is 9.64 Å². The Kier molecular flexibility index (Phi) is 3.06. The van der Waals surface area contributed by atoms with Crippen molar-refractivity contribution in [2.75, 3.05) is 11.4 Å². The molecule has 1 aliphatic rings. The third-order valence-corrected chi connectivity index (χ3v) is 3.33. The highest BCUT2D eigenvalue weighted by Crippen LogP contribution is 2.34. The number of ether oxygens (including phenoxy) is 1. The molecule has 0 fully saturated rings. The van der Waals surface area contributed by atoms with Crippen molar-refractivity contribution in [3.63, 3.8) is 0 Å². The summed E-state index contributed by atoms with van der Waals surface area (Å²) in [6, 6.07) is 7.39. The molecule has 3 rings (SSSR count). The normalized spacial score (nSPS) is 17.4. The average molecular weight is 274 g/mol. The Morgan fingerprint density at radius 3 is 3.00 bits per heavy atom. The Balaban J connectivity index is 1.92. The quantitative estimate of drug-likeness (QED) is 0.920. The first-order valence-corrected chi connectivity index (χ1v) is 6.28. The summed E-state index contributed by atoms with van der Waals surface area (Å²) in [6.45, 7) is 2.68. The average Bonchev–Trinajstić information content (AvgIpc) is 2.84. The summed E-state index contributed by atoms with van der Waals surface area (Å²) in [7, 11) is 0. The molecule has 1 N–H and O–H groups in total. The highest BCUT2D eigenvalue weighted by atomic mass is 16.5. The number of aromatic nitrogens is 1. The maximum Gasteiger partial charge on any atom is 0.346 e. The van der Waals surface area contributed by atoms with Gasteiger partial charge in [0.25, 0.3) is 0 Å². The number of carboxylic acids is 1. The molecule has 0 radical (unpaired) electrons. The number of fused-ring (bicyclic) bond motifs is 1. The lowest BCUT2D eigenvalue weighted by Crippen LogP contribution is -2.44. The molecule has 0 saturated heterocycles. The summed E-state index contributed by atoms with van der Waals surface area (Å²) < 4.78 is 10.4. The minimum atomic E-state index is -0.971. The zero-order valence-electron chi connectivity index (χ0n) is 10.9. The van der Waals surface area contributed by atoms with E-state index in [4.69, 9.17) is 9.26 Å². The Bertz CT molecular complexity index is 638. The van der Waals surface area contributed by atoms with Gasteiger partial charge in [-0.05, 0) is 19.1 Å². The molecule has 0 bridgehead atoms. The van der Waals surface area contributed by atoms with Crippen molar-refractivity contribution in [3.8, 4) is 5.75 Å². The second-order valence-electron chi connectivity index (χ2n) is 4.74. The molecule has 2 aromatic rings. The lowest BCUT2D eigenvalue weighted by Gasteiger charge is -2.34. The number of carboxylic acid groups (broad SMARTS) is 1. The topological polar surface area (TPSA) is 75.8 Å². The molecule has 1 atom stereocenters. The Morgan fingerprint density at radius 1 is 1.50 bits per heavy atom. The molecule has 6 nitrogen and oxygen atoms in total. The van der Waals surface area contributed by atoms with E-state index in [1.54, 1.807) is 12.3 Å². The SMILES string of the molecule is Cc1conc1CN1CC(C(=O)O)Oc2ccccc21. The van der Waals surface area contributed by atoms with E-state index in [-0.39, 0.29) is 6.54 Å². The summed E-state index contributed by atoms with van der Waals surface area (Å²) in [6.07, 6.45) is 0.702. The van der Waals surface area contributed by atoms with Crippen molar-refractivity contribution in [2.45, 2.75) is 19.6 Å². The van der Waals surface area contributed by atoms with E-state index < -0.39 is 12.1 Å². The highest BCUT2D eigenvalue weighted by molar-refractivity contribution is 5.76. The van der Waals surface area contributed by atoms with Gasteiger partial charge in [-0.2, -0.15) is 0 Å². The van der Waals surface area contributed by atoms with Gasteiger partial charge in [0.05, 0.1) is 18.8 Å². The Labute approximate surface area is 115 Å². The van der Waals surface area contributed by atoms with Crippen molar-refractivity contribution in [3.05, 3.63) is 41.8 Å². The molecular formula is C14H14N2O4. The number of hydrogen-bond donors (Lipinski definition) is 1. The molecule has 0 saturated carbocycles. The van der Waals surface area contributed by atoms with Crippen molar-refractivity contribution < 1.29 is 19.2 Å². The lowest BCUT2D eigenvalue weighted by atomic mass is 10.1. The molecule has 1 unspecified atom stereocenters. The zero-order chi connectivity index (χ0) is 14.1. The monoisotopic (exact) mass is 274 g/mol. The van der Waals surface area contributed by atoms with E-state index in [0.717, 1.165) is 16.9 Å². The number of aryl methyl sites for hydroxylation is 1. The van der Waals surface area contributed by atoms with Crippen LogP contribution in [0.25, 0.3) is 0 Å². The molecule has 6 heteroatoms. The van der Waals surface area contributed by atoms with Crippen molar-refractivity contribution >= 4 is 11.7 Å². The van der Waals surface area contributed by atoms with Crippen LogP contribution in [0.4, 0.5) is 5.69 Å². The molecule has 0 spiro atoms. The molecule has 0 aliphatic carbocycles. The minimum absolute atomic E-state index is 0.276. The maximum atomic E-state index is 11.2. The van der Waals surface area contributed by atoms with Gasteiger partial charge in [0.2, 0.25) is 6.10 Å². The maximum absolute atomic E-state index is 11.2. The number of nitrogens with zero attached hydrogens (tertiary/aromatic N) is 2. The van der Waals surface area contributed by atoms with Crippen molar-refractivity contribution in [1.29, 1.82) is 0 Å². The molecule has 1 aromatic heterocycles. The predicted molar refractivity (Wildman–Crippen MR) is 70.8 cm³/mol. The molecule has 0 amide bonds. The van der Waals surface area contributed by atoms with Crippen LogP contribution in [0.3, 0.4) is 0 Å². The van der Waals surface area contributed by atoms with Crippen LogP contribution in [0.5, 0.6) is 5.75 Å². The number of rotatable bonds is 3. The van der Waals surface area contributed by atoms with Crippen LogP contribution in [0.2, 0.25) is 0 Å². The van der Waals surface area contributed by atoms with E-state index in [1.807, 2.05) is 30.0 Å². The zero-order valence-corrected chi connectivity index (χ0v) is 10.9. The lowest BCUT2D eigenvalue weighted by molar-refractivity contribution is -0.144. The summed E-state index contributed by atoms with van der Waals surface area (Å²) in [5, 5.41) is 13.1. The third kappa shape index (κ3) is 2.20. The Hall–Kier alpha value is -2.50. The van der Waals surface area contributed by atoms with E-state index >= 15 is 0 Å². The van der Waals surface area contributed by atoms with Gasteiger partial charge in [-0.25, -0.2) is 4.79 Å². The predicted octanol–water partition coefficient (Wildman–Crippen LogP) is 1.84. The van der Waals surface area contributed by atoms with Crippen LogP contribution in [-0.4, -0.2) is 28.9 Å². The summed E-state index contributed by atoms with van der Waals surface area (Å²) >= 11 is 0. The summed E-state index contributed by atoms with van der Waals surface area (Å²) in [5.41, 5.74) is 2.61. The standard InChI is InChI=1S/C14H14N2O4/c1-9-8-19-15-10(9)6-16-7-13(14(17)18)20-12-5-3-2-4-11(12)16/h2-5,8,13H,6-7H2,1H3,(H,17,18). The molecule has 2 heterocycles. The number of para-hydroxylation sites is 2. The van der Waals surface area contributed by atoms with Crippen LogP contribution in [0, 0.1) is 6.92 Å². The van der Waals surface area contributed by atoms with E-state index in [0.29, 0.717) is 12.3 Å². The molecular weight excluding hydrogens is 260 g/mol. The van der Waals surface area contributed by atoms with Gasteiger partial charge in [0, 0.05) is 5.56 Å². The Morgan fingerprint density at radius 2 is 2.30 bits per heavy atom. The van der Waals surface area contributed by atoms with Gasteiger partial charge in [-0.1, -0.05) is 17.3 Å². The van der Waals surface area contributed by atoms with Gasteiger partial charge in [0.15, 0.2) is 0 Å². The van der Waals surface area contributed by atoms with Gasteiger partial charge < -0.3 is 19.3 Å². The molecule has 20 heavy (non-hydrogen) atoms. The minimum Gasteiger partial charge on any atom is -0.478 e. The van der Waals surface area contributed by atoms with Crippen LogP contribution in [0.1, 0.15) is 11.3 Å².